The molecular formula is C13H17Cl2NO2S. The van der Waals surface area contributed by atoms with Crippen molar-refractivity contribution in [2.45, 2.75) is 43.5 Å². The molecule has 0 radical (unpaired) electrons. The van der Waals surface area contributed by atoms with Crippen LogP contribution in [0.25, 0.3) is 0 Å². The third-order valence-electron chi connectivity index (χ3n) is 3.54. The Morgan fingerprint density at radius 3 is 2.42 bits per heavy atom. The first-order valence-corrected chi connectivity index (χ1v) is 8.60. The predicted molar refractivity (Wildman–Crippen MR) is 78.2 cm³/mol. The molecule has 106 valence electrons. The lowest BCUT2D eigenvalue weighted by molar-refractivity contribution is 0.332. The molecule has 0 atom stereocenters. The summed E-state index contributed by atoms with van der Waals surface area (Å²) in [6, 6.07) is 4.63. The first kappa shape index (κ1) is 15.1. The third kappa shape index (κ3) is 3.63. The zero-order chi connectivity index (χ0) is 14.0. The molecule has 0 amide bonds. The van der Waals surface area contributed by atoms with E-state index in [1.165, 1.54) is 6.07 Å². The van der Waals surface area contributed by atoms with Gasteiger partial charge in [0.25, 0.3) is 0 Å². The Balaban J connectivity index is 2.16. The van der Waals surface area contributed by atoms with Crippen LogP contribution in [0, 0.1) is 5.92 Å². The topological polar surface area (TPSA) is 46.2 Å². The molecule has 19 heavy (non-hydrogen) atoms. The van der Waals surface area contributed by atoms with Gasteiger partial charge in [0.1, 0.15) is 4.90 Å². The Morgan fingerprint density at radius 2 is 1.79 bits per heavy atom. The van der Waals surface area contributed by atoms with Gasteiger partial charge in [0.15, 0.2) is 0 Å². The lowest BCUT2D eigenvalue weighted by Crippen LogP contribution is -2.37. The average Bonchev–Trinajstić information content (AvgIpc) is 2.35. The highest BCUT2D eigenvalue weighted by Gasteiger charge is 2.26. The summed E-state index contributed by atoms with van der Waals surface area (Å²) in [7, 11) is -3.60. The van der Waals surface area contributed by atoms with E-state index in [4.69, 9.17) is 23.2 Å². The van der Waals surface area contributed by atoms with Crippen LogP contribution in [-0.4, -0.2) is 14.5 Å². The molecule has 1 fully saturated rings. The van der Waals surface area contributed by atoms with Gasteiger partial charge in [-0.3, -0.25) is 0 Å². The molecule has 1 aromatic rings. The molecule has 1 aromatic carbocycles. The fourth-order valence-corrected chi connectivity index (χ4v) is 4.42. The standard InChI is InChI=1S/C13H17Cl2NO2S/c1-9-5-7-10(8-6-9)16-19(17,18)12-4-2-3-11(14)13(12)15/h2-4,9-10,16H,5-8H2,1H3. The van der Waals surface area contributed by atoms with Crippen LogP contribution < -0.4 is 4.72 Å². The Bertz CT molecular complexity index is 552. The lowest BCUT2D eigenvalue weighted by Gasteiger charge is -2.26. The molecule has 0 saturated heterocycles. The summed E-state index contributed by atoms with van der Waals surface area (Å²) in [4.78, 5) is 0.0558. The second-order valence-corrected chi connectivity index (χ2v) is 7.60. The molecule has 0 spiro atoms. The maximum absolute atomic E-state index is 12.3. The van der Waals surface area contributed by atoms with E-state index in [9.17, 15) is 8.42 Å². The van der Waals surface area contributed by atoms with Crippen LogP contribution in [0.5, 0.6) is 0 Å². The minimum absolute atomic E-state index is 0.00347. The predicted octanol–water partition coefficient (Wildman–Crippen LogP) is 3.85. The fraction of sp³-hybridized carbons (Fsp3) is 0.538. The van der Waals surface area contributed by atoms with Gasteiger partial charge in [-0.1, -0.05) is 36.2 Å². The van der Waals surface area contributed by atoms with Crippen molar-refractivity contribution in [2.24, 2.45) is 5.92 Å². The van der Waals surface area contributed by atoms with Crippen molar-refractivity contribution in [1.82, 2.24) is 4.72 Å². The van der Waals surface area contributed by atoms with E-state index < -0.39 is 10.0 Å². The first-order chi connectivity index (χ1) is 8.90. The van der Waals surface area contributed by atoms with E-state index >= 15 is 0 Å². The van der Waals surface area contributed by atoms with Gasteiger partial charge in [-0.15, -0.1) is 0 Å². The Hall–Kier alpha value is -0.290. The molecule has 2 rings (SSSR count). The molecule has 0 heterocycles. The SMILES string of the molecule is CC1CCC(NS(=O)(=O)c2cccc(Cl)c2Cl)CC1. The lowest BCUT2D eigenvalue weighted by atomic mass is 9.88. The first-order valence-electron chi connectivity index (χ1n) is 6.36. The third-order valence-corrected chi connectivity index (χ3v) is 6.04. The molecule has 0 unspecified atom stereocenters. The summed E-state index contributed by atoms with van der Waals surface area (Å²) in [6.07, 6.45) is 3.85. The molecule has 1 aliphatic carbocycles. The van der Waals surface area contributed by atoms with E-state index in [0.717, 1.165) is 25.7 Å². The van der Waals surface area contributed by atoms with E-state index in [1.54, 1.807) is 12.1 Å². The Labute approximate surface area is 124 Å². The zero-order valence-electron chi connectivity index (χ0n) is 10.7. The molecule has 0 aromatic heterocycles. The Kier molecular flexibility index (Phi) is 4.77. The number of nitrogens with one attached hydrogen (secondary N) is 1. The van der Waals surface area contributed by atoms with Gasteiger partial charge in [0, 0.05) is 6.04 Å². The van der Waals surface area contributed by atoms with Gasteiger partial charge in [-0.05, 0) is 43.7 Å². The summed E-state index contributed by atoms with van der Waals surface area (Å²) < 4.78 is 27.3. The van der Waals surface area contributed by atoms with Crippen molar-refractivity contribution in [3.63, 3.8) is 0 Å². The monoisotopic (exact) mass is 321 g/mol. The number of sulfonamides is 1. The summed E-state index contributed by atoms with van der Waals surface area (Å²) in [5, 5.41) is 0.336. The van der Waals surface area contributed by atoms with Gasteiger partial charge < -0.3 is 0 Å². The van der Waals surface area contributed by atoms with Gasteiger partial charge >= 0.3 is 0 Å². The smallest absolute Gasteiger partial charge is 0.208 e. The summed E-state index contributed by atoms with van der Waals surface area (Å²) in [6.45, 7) is 2.19. The van der Waals surface area contributed by atoms with Crippen LogP contribution in [-0.2, 0) is 10.0 Å². The van der Waals surface area contributed by atoms with Crippen LogP contribution in [0.3, 0.4) is 0 Å². The minimum Gasteiger partial charge on any atom is -0.208 e. The maximum atomic E-state index is 12.3. The van der Waals surface area contributed by atoms with Gasteiger partial charge in [-0.2, -0.15) is 0 Å². The second kappa shape index (κ2) is 6.00. The highest BCUT2D eigenvalue weighted by molar-refractivity contribution is 7.89. The van der Waals surface area contributed by atoms with Gasteiger partial charge in [0.2, 0.25) is 10.0 Å². The van der Waals surface area contributed by atoms with Crippen LogP contribution in [0.1, 0.15) is 32.6 Å². The highest BCUT2D eigenvalue weighted by Crippen LogP contribution is 2.30. The Morgan fingerprint density at radius 1 is 1.16 bits per heavy atom. The maximum Gasteiger partial charge on any atom is 0.242 e. The minimum atomic E-state index is -3.60. The molecular weight excluding hydrogens is 305 g/mol. The summed E-state index contributed by atoms with van der Waals surface area (Å²) in [5.41, 5.74) is 0. The van der Waals surface area contributed by atoms with E-state index in [1.807, 2.05) is 0 Å². The van der Waals surface area contributed by atoms with Crippen molar-refractivity contribution in [3.05, 3.63) is 28.2 Å². The van der Waals surface area contributed by atoms with E-state index in [2.05, 4.69) is 11.6 Å². The van der Waals surface area contributed by atoms with E-state index in [-0.39, 0.29) is 21.0 Å². The van der Waals surface area contributed by atoms with Crippen LogP contribution >= 0.6 is 23.2 Å². The van der Waals surface area contributed by atoms with E-state index in [0.29, 0.717) is 5.92 Å². The quantitative estimate of drug-likeness (QED) is 0.919. The molecule has 3 nitrogen and oxygen atoms in total. The highest BCUT2D eigenvalue weighted by atomic mass is 35.5. The second-order valence-electron chi connectivity index (χ2n) is 5.13. The number of rotatable bonds is 3. The van der Waals surface area contributed by atoms with Crippen LogP contribution in [0.2, 0.25) is 10.0 Å². The average molecular weight is 322 g/mol. The molecule has 1 N–H and O–H groups in total. The largest absolute Gasteiger partial charge is 0.242 e. The van der Waals surface area contributed by atoms with Crippen LogP contribution in [0.15, 0.2) is 23.1 Å². The van der Waals surface area contributed by atoms with Gasteiger partial charge in [0.05, 0.1) is 10.0 Å². The van der Waals surface area contributed by atoms with Crippen molar-refractivity contribution < 1.29 is 8.42 Å². The molecule has 1 saturated carbocycles. The van der Waals surface area contributed by atoms with Crippen molar-refractivity contribution in [2.75, 3.05) is 0 Å². The molecule has 1 aliphatic rings. The van der Waals surface area contributed by atoms with Crippen molar-refractivity contribution >= 4 is 33.2 Å². The van der Waals surface area contributed by atoms with Crippen molar-refractivity contribution in [1.29, 1.82) is 0 Å². The molecule has 6 heteroatoms. The van der Waals surface area contributed by atoms with Crippen molar-refractivity contribution in [3.8, 4) is 0 Å². The number of benzene rings is 1. The van der Waals surface area contributed by atoms with Gasteiger partial charge in [-0.25, -0.2) is 13.1 Å². The number of hydrogen-bond donors (Lipinski definition) is 1. The summed E-state index contributed by atoms with van der Waals surface area (Å²) in [5.74, 6) is 0.676. The normalized spacial score (nSPS) is 24.4. The zero-order valence-corrected chi connectivity index (χ0v) is 13.0. The molecule has 0 bridgehead atoms. The number of halogens is 2. The fourth-order valence-electron chi connectivity index (χ4n) is 2.35. The van der Waals surface area contributed by atoms with Crippen LogP contribution in [0.4, 0.5) is 0 Å². The molecule has 0 aliphatic heterocycles. The number of hydrogen-bond acceptors (Lipinski definition) is 2. The summed E-state index contributed by atoms with van der Waals surface area (Å²) >= 11 is 11.8.